The number of hydrogen-bond donors (Lipinski definition) is 1. The maximum absolute atomic E-state index is 11.1. The summed E-state index contributed by atoms with van der Waals surface area (Å²) in [4.78, 5) is 0. The monoisotopic (exact) mass is 218 g/mol. The summed E-state index contributed by atoms with van der Waals surface area (Å²) in [5.41, 5.74) is 0.444. The average molecular weight is 218 g/mol. The van der Waals surface area contributed by atoms with E-state index in [1.165, 1.54) is 6.42 Å². The predicted molar refractivity (Wildman–Crippen MR) is 60.6 cm³/mol. The van der Waals surface area contributed by atoms with E-state index in [1.807, 2.05) is 0 Å². The zero-order valence-electron chi connectivity index (χ0n) is 9.67. The first kappa shape index (κ1) is 12.2. The first-order valence-corrected chi connectivity index (χ1v) is 6.53. The zero-order valence-corrected chi connectivity index (χ0v) is 10.5. The Kier molecular flexibility index (Phi) is 3.42. The van der Waals surface area contributed by atoms with Crippen molar-refractivity contribution in [3.05, 3.63) is 0 Å². The first-order valence-electron chi connectivity index (χ1n) is 5.36. The summed E-state index contributed by atoms with van der Waals surface area (Å²) >= 11 is -1.63. The van der Waals surface area contributed by atoms with Gasteiger partial charge in [-0.2, -0.15) is 0 Å². The largest absolute Gasteiger partial charge is 0.306 e. The fourth-order valence-corrected chi connectivity index (χ4v) is 3.16. The molecule has 1 rings (SSSR count). The third kappa shape index (κ3) is 2.37. The Morgan fingerprint density at radius 1 is 1.43 bits per heavy atom. The van der Waals surface area contributed by atoms with E-state index in [2.05, 4.69) is 27.7 Å². The molecule has 0 radical (unpaired) electrons. The second-order valence-corrected chi connectivity index (χ2v) is 7.02. The highest BCUT2D eigenvalue weighted by Gasteiger charge is 2.42. The van der Waals surface area contributed by atoms with Gasteiger partial charge in [-0.05, 0) is 30.1 Å². The smallest absolute Gasteiger partial charge is 0.155 e. The van der Waals surface area contributed by atoms with E-state index in [1.54, 1.807) is 0 Å². The standard InChI is InChI=1S/C11H22O2S/c1-10(2,3)11(4)7-5-6-9(8-11)14(12)13/h9H,5-8H2,1-4H3,(H,12,13). The summed E-state index contributed by atoms with van der Waals surface area (Å²) in [5, 5.41) is -0.00650. The van der Waals surface area contributed by atoms with Crippen molar-refractivity contribution in [1.82, 2.24) is 0 Å². The molecule has 0 spiro atoms. The number of rotatable bonds is 1. The Labute approximate surface area is 89.8 Å². The van der Waals surface area contributed by atoms with Gasteiger partial charge in [-0.15, -0.1) is 0 Å². The molecule has 1 aliphatic carbocycles. The highest BCUT2D eigenvalue weighted by Crippen LogP contribution is 2.49. The third-order valence-corrected chi connectivity index (χ3v) is 5.00. The molecule has 0 aromatic rings. The Balaban J connectivity index is 2.77. The lowest BCUT2D eigenvalue weighted by atomic mass is 9.60. The molecule has 0 aromatic heterocycles. The van der Waals surface area contributed by atoms with Crippen LogP contribution in [-0.4, -0.2) is 14.0 Å². The molecule has 3 atom stereocenters. The van der Waals surface area contributed by atoms with Crippen molar-refractivity contribution in [1.29, 1.82) is 0 Å². The van der Waals surface area contributed by atoms with Crippen LogP contribution in [0.1, 0.15) is 53.4 Å². The minimum atomic E-state index is -1.63. The summed E-state index contributed by atoms with van der Waals surface area (Å²) in [6.07, 6.45) is 4.07. The van der Waals surface area contributed by atoms with Crippen LogP contribution >= 0.6 is 0 Å². The van der Waals surface area contributed by atoms with Gasteiger partial charge >= 0.3 is 0 Å². The van der Waals surface area contributed by atoms with Crippen LogP contribution in [0.2, 0.25) is 0 Å². The van der Waals surface area contributed by atoms with Crippen LogP contribution < -0.4 is 0 Å². The van der Waals surface area contributed by atoms with Crippen molar-refractivity contribution in [2.24, 2.45) is 10.8 Å². The van der Waals surface area contributed by atoms with E-state index >= 15 is 0 Å². The Hall–Kier alpha value is 0.110. The molecule has 0 amide bonds. The second kappa shape index (κ2) is 3.93. The Morgan fingerprint density at radius 2 is 2.00 bits per heavy atom. The molecular formula is C11H22O2S. The first-order chi connectivity index (χ1) is 6.26. The molecule has 1 aliphatic rings. The van der Waals surface area contributed by atoms with E-state index in [9.17, 15) is 4.21 Å². The number of hydrogen-bond acceptors (Lipinski definition) is 1. The van der Waals surface area contributed by atoms with Crippen molar-refractivity contribution in [3.63, 3.8) is 0 Å². The summed E-state index contributed by atoms with van der Waals surface area (Å²) in [6.45, 7) is 8.95. The van der Waals surface area contributed by atoms with Crippen LogP contribution in [0.15, 0.2) is 0 Å². The van der Waals surface area contributed by atoms with E-state index in [-0.39, 0.29) is 16.1 Å². The lowest BCUT2D eigenvalue weighted by molar-refractivity contribution is 0.0615. The van der Waals surface area contributed by atoms with Gasteiger partial charge in [0.05, 0.1) is 5.25 Å². The molecule has 0 heterocycles. The van der Waals surface area contributed by atoms with Gasteiger partial charge in [0, 0.05) is 0 Å². The highest BCUT2D eigenvalue weighted by molar-refractivity contribution is 7.79. The second-order valence-electron chi connectivity index (χ2n) is 5.81. The van der Waals surface area contributed by atoms with Gasteiger partial charge in [-0.1, -0.05) is 34.1 Å². The van der Waals surface area contributed by atoms with Gasteiger partial charge in [0.15, 0.2) is 11.1 Å². The van der Waals surface area contributed by atoms with Crippen LogP contribution in [0.5, 0.6) is 0 Å². The highest BCUT2D eigenvalue weighted by atomic mass is 32.2. The van der Waals surface area contributed by atoms with Crippen LogP contribution in [0.3, 0.4) is 0 Å². The van der Waals surface area contributed by atoms with E-state index in [0.29, 0.717) is 0 Å². The summed E-state index contributed by atoms with van der Waals surface area (Å²) in [5.74, 6) is 0. The summed E-state index contributed by atoms with van der Waals surface area (Å²) < 4.78 is 20.2. The van der Waals surface area contributed by atoms with Gasteiger partial charge in [-0.3, -0.25) is 0 Å². The molecule has 1 N–H and O–H groups in total. The fraction of sp³-hybridized carbons (Fsp3) is 1.00. The molecule has 84 valence electrons. The van der Waals surface area contributed by atoms with Crippen LogP contribution in [0, 0.1) is 10.8 Å². The third-order valence-electron chi connectivity index (χ3n) is 4.03. The predicted octanol–water partition coefficient (Wildman–Crippen LogP) is 3.20. The zero-order chi connectivity index (χ0) is 11.0. The molecule has 14 heavy (non-hydrogen) atoms. The molecule has 0 bridgehead atoms. The minimum absolute atomic E-state index is 0.00650. The lowest BCUT2D eigenvalue weighted by Gasteiger charge is -2.46. The molecule has 0 saturated heterocycles. The molecule has 0 aromatic carbocycles. The van der Waals surface area contributed by atoms with Gasteiger partial charge in [0.2, 0.25) is 0 Å². The maximum atomic E-state index is 11.1. The maximum Gasteiger partial charge on any atom is 0.155 e. The minimum Gasteiger partial charge on any atom is -0.306 e. The van der Waals surface area contributed by atoms with Crippen molar-refractivity contribution < 1.29 is 8.76 Å². The van der Waals surface area contributed by atoms with Crippen LogP contribution in [-0.2, 0) is 11.1 Å². The van der Waals surface area contributed by atoms with Crippen LogP contribution in [0.25, 0.3) is 0 Å². The van der Waals surface area contributed by atoms with Crippen molar-refractivity contribution in [2.45, 2.75) is 58.6 Å². The Bertz CT molecular complexity index is 232. The van der Waals surface area contributed by atoms with Crippen molar-refractivity contribution >= 4 is 11.1 Å². The topological polar surface area (TPSA) is 37.3 Å². The molecule has 1 fully saturated rings. The van der Waals surface area contributed by atoms with E-state index in [4.69, 9.17) is 4.55 Å². The van der Waals surface area contributed by atoms with Gasteiger partial charge in [-0.25, -0.2) is 4.21 Å². The van der Waals surface area contributed by atoms with E-state index in [0.717, 1.165) is 19.3 Å². The Morgan fingerprint density at radius 3 is 2.43 bits per heavy atom. The van der Waals surface area contributed by atoms with Gasteiger partial charge in [0.1, 0.15) is 0 Å². The normalized spacial score (nSPS) is 36.8. The van der Waals surface area contributed by atoms with Crippen molar-refractivity contribution in [2.75, 3.05) is 0 Å². The molecule has 0 aliphatic heterocycles. The quantitative estimate of drug-likeness (QED) is 0.686. The fourth-order valence-electron chi connectivity index (χ4n) is 2.28. The molecule has 3 heteroatoms. The van der Waals surface area contributed by atoms with Gasteiger partial charge in [0.25, 0.3) is 0 Å². The summed E-state index contributed by atoms with van der Waals surface area (Å²) in [7, 11) is 0. The van der Waals surface area contributed by atoms with Crippen molar-refractivity contribution in [3.8, 4) is 0 Å². The molecule has 3 unspecified atom stereocenters. The SMILES string of the molecule is CC(C)(C)C1(C)CCCC(S(=O)O)C1. The van der Waals surface area contributed by atoms with Crippen LogP contribution in [0.4, 0.5) is 0 Å². The summed E-state index contributed by atoms with van der Waals surface area (Å²) in [6, 6.07) is 0. The molecular weight excluding hydrogens is 196 g/mol. The molecule has 2 nitrogen and oxygen atoms in total. The van der Waals surface area contributed by atoms with Gasteiger partial charge < -0.3 is 4.55 Å². The average Bonchev–Trinajstić information content (AvgIpc) is 2.02. The molecule has 1 saturated carbocycles. The lowest BCUT2D eigenvalue weighted by Crippen LogP contribution is -2.40. The van der Waals surface area contributed by atoms with E-state index < -0.39 is 11.1 Å².